The summed E-state index contributed by atoms with van der Waals surface area (Å²) in [5.41, 5.74) is 1.75. The Kier molecular flexibility index (Phi) is 7.42. The lowest BCUT2D eigenvalue weighted by Crippen LogP contribution is -2.41. The van der Waals surface area contributed by atoms with Gasteiger partial charge in [0.1, 0.15) is 0 Å². The van der Waals surface area contributed by atoms with Crippen LogP contribution >= 0.6 is 15.9 Å². The van der Waals surface area contributed by atoms with Crippen LogP contribution in [0.2, 0.25) is 0 Å². The van der Waals surface area contributed by atoms with Gasteiger partial charge in [0.25, 0.3) is 0 Å². The van der Waals surface area contributed by atoms with Gasteiger partial charge in [0.15, 0.2) is 0 Å². The maximum atomic E-state index is 13.2. The number of hydrogen-bond acceptors (Lipinski definition) is 3. The summed E-state index contributed by atoms with van der Waals surface area (Å²) in [7, 11) is -3.83. The average Bonchev–Trinajstić information content (AvgIpc) is 2.75. The lowest BCUT2D eigenvalue weighted by molar-refractivity contribution is -0.122. The van der Waals surface area contributed by atoms with Gasteiger partial charge in [0.2, 0.25) is 15.9 Å². The van der Waals surface area contributed by atoms with Crippen LogP contribution < -0.4 is 5.32 Å². The molecule has 0 fully saturated rings. The zero-order valence-electron chi connectivity index (χ0n) is 16.5. The molecule has 1 N–H and O–H groups in total. The van der Waals surface area contributed by atoms with Crippen LogP contribution in [0.3, 0.4) is 0 Å². The fourth-order valence-electron chi connectivity index (χ4n) is 3.04. The van der Waals surface area contributed by atoms with Gasteiger partial charge < -0.3 is 5.32 Å². The third-order valence-corrected chi connectivity index (χ3v) is 6.98. The van der Waals surface area contributed by atoms with E-state index in [0.717, 1.165) is 15.6 Å². The average molecular weight is 487 g/mol. The number of carbonyl (C=O) groups excluding carboxylic acids is 1. The molecule has 1 amide bonds. The van der Waals surface area contributed by atoms with Crippen LogP contribution in [0.1, 0.15) is 24.1 Å². The fraction of sp³-hybridized carbons (Fsp3) is 0.174. The van der Waals surface area contributed by atoms with Crippen molar-refractivity contribution in [2.24, 2.45) is 0 Å². The Morgan fingerprint density at radius 3 is 2.10 bits per heavy atom. The van der Waals surface area contributed by atoms with Crippen molar-refractivity contribution in [3.05, 3.63) is 101 Å². The van der Waals surface area contributed by atoms with Crippen LogP contribution in [0.5, 0.6) is 0 Å². The Hall–Kier alpha value is -2.48. The van der Waals surface area contributed by atoms with E-state index in [-0.39, 0.29) is 29.9 Å². The van der Waals surface area contributed by atoms with E-state index >= 15 is 0 Å². The van der Waals surface area contributed by atoms with E-state index in [2.05, 4.69) is 21.2 Å². The highest BCUT2D eigenvalue weighted by Gasteiger charge is 2.27. The van der Waals surface area contributed by atoms with Gasteiger partial charge in [-0.05, 0) is 42.3 Å². The van der Waals surface area contributed by atoms with E-state index in [0.29, 0.717) is 0 Å². The number of amides is 1. The Bertz CT molecular complexity index is 1070. The van der Waals surface area contributed by atoms with Gasteiger partial charge in [-0.3, -0.25) is 4.79 Å². The third kappa shape index (κ3) is 5.78. The quantitative estimate of drug-likeness (QED) is 0.508. The van der Waals surface area contributed by atoms with Crippen molar-refractivity contribution in [2.75, 3.05) is 6.54 Å². The molecule has 30 heavy (non-hydrogen) atoms. The Labute approximate surface area is 185 Å². The van der Waals surface area contributed by atoms with E-state index in [9.17, 15) is 13.2 Å². The fourth-order valence-corrected chi connectivity index (χ4v) is 4.71. The van der Waals surface area contributed by atoms with Gasteiger partial charge in [0.05, 0.1) is 17.5 Å². The van der Waals surface area contributed by atoms with E-state index in [4.69, 9.17) is 0 Å². The van der Waals surface area contributed by atoms with E-state index in [1.165, 1.54) is 16.4 Å². The lowest BCUT2D eigenvalue weighted by Gasteiger charge is -2.23. The van der Waals surface area contributed by atoms with Gasteiger partial charge in [0, 0.05) is 11.0 Å². The summed E-state index contributed by atoms with van der Waals surface area (Å²) in [4.78, 5) is 12.9. The van der Waals surface area contributed by atoms with Crippen molar-refractivity contribution >= 4 is 31.9 Å². The molecular weight excluding hydrogens is 464 g/mol. The molecule has 0 aliphatic rings. The first-order chi connectivity index (χ1) is 14.4. The Balaban J connectivity index is 1.79. The summed E-state index contributed by atoms with van der Waals surface area (Å²) in [6, 6.07) is 24.8. The Morgan fingerprint density at radius 2 is 1.50 bits per heavy atom. The molecule has 0 spiro atoms. The predicted molar refractivity (Wildman–Crippen MR) is 121 cm³/mol. The third-order valence-electron chi connectivity index (χ3n) is 4.65. The van der Waals surface area contributed by atoms with E-state index in [1.54, 1.807) is 18.2 Å². The number of benzene rings is 3. The number of nitrogens with zero attached hydrogens (tertiary/aromatic N) is 1. The molecule has 1 atom stereocenters. The first kappa shape index (κ1) is 22.2. The molecule has 0 aromatic heterocycles. The van der Waals surface area contributed by atoms with Crippen LogP contribution in [0.15, 0.2) is 94.3 Å². The first-order valence-electron chi connectivity index (χ1n) is 9.50. The minimum absolute atomic E-state index is 0.109. The molecular formula is C23H23BrN2O3S. The number of sulfonamides is 1. The molecule has 0 aliphatic carbocycles. The molecule has 156 valence electrons. The molecule has 7 heteroatoms. The highest BCUT2D eigenvalue weighted by Crippen LogP contribution is 2.19. The molecule has 3 aromatic rings. The summed E-state index contributed by atoms with van der Waals surface area (Å²) >= 11 is 3.39. The molecule has 0 saturated heterocycles. The molecule has 0 radical (unpaired) electrons. The zero-order valence-corrected chi connectivity index (χ0v) is 18.9. The van der Waals surface area contributed by atoms with Crippen LogP contribution in [-0.2, 0) is 21.4 Å². The molecule has 3 aromatic carbocycles. The summed E-state index contributed by atoms with van der Waals surface area (Å²) in [6.45, 7) is 1.71. The van der Waals surface area contributed by atoms with Crippen molar-refractivity contribution < 1.29 is 13.2 Å². The second kappa shape index (κ2) is 10.0. The van der Waals surface area contributed by atoms with E-state index in [1.807, 2.05) is 61.5 Å². The van der Waals surface area contributed by atoms with Gasteiger partial charge in [-0.1, -0.05) is 76.6 Å². The molecule has 5 nitrogen and oxygen atoms in total. The highest BCUT2D eigenvalue weighted by molar-refractivity contribution is 9.10. The van der Waals surface area contributed by atoms with Crippen molar-refractivity contribution in [3.8, 4) is 0 Å². The summed E-state index contributed by atoms with van der Waals surface area (Å²) in [6.07, 6.45) is 0. The molecule has 3 rings (SSSR count). The number of carbonyl (C=O) groups is 1. The largest absolute Gasteiger partial charge is 0.348 e. The molecule has 0 heterocycles. The monoisotopic (exact) mass is 486 g/mol. The van der Waals surface area contributed by atoms with Crippen molar-refractivity contribution in [3.63, 3.8) is 0 Å². The summed E-state index contributed by atoms with van der Waals surface area (Å²) in [5, 5.41) is 2.90. The van der Waals surface area contributed by atoms with Crippen LogP contribution in [0, 0.1) is 0 Å². The number of nitrogens with one attached hydrogen (secondary N) is 1. The van der Waals surface area contributed by atoms with Crippen molar-refractivity contribution in [2.45, 2.75) is 24.4 Å². The molecule has 0 aliphatic heterocycles. The van der Waals surface area contributed by atoms with Crippen LogP contribution in [0.25, 0.3) is 0 Å². The van der Waals surface area contributed by atoms with E-state index < -0.39 is 10.0 Å². The van der Waals surface area contributed by atoms with Crippen molar-refractivity contribution in [1.29, 1.82) is 0 Å². The second-order valence-electron chi connectivity index (χ2n) is 6.91. The molecule has 0 saturated carbocycles. The van der Waals surface area contributed by atoms with Crippen LogP contribution in [-0.4, -0.2) is 25.2 Å². The van der Waals surface area contributed by atoms with Gasteiger partial charge in [-0.2, -0.15) is 4.31 Å². The number of hydrogen-bond donors (Lipinski definition) is 1. The second-order valence-corrected chi connectivity index (χ2v) is 9.77. The van der Waals surface area contributed by atoms with Crippen LogP contribution in [0.4, 0.5) is 0 Å². The summed E-state index contributed by atoms with van der Waals surface area (Å²) in [5.74, 6) is -0.360. The van der Waals surface area contributed by atoms with Gasteiger partial charge in [-0.25, -0.2) is 8.42 Å². The number of halogens is 1. The SMILES string of the molecule is C[C@H](NC(=O)CN(Cc1ccccc1)S(=O)(=O)c1ccccc1)c1ccc(Br)cc1. The highest BCUT2D eigenvalue weighted by atomic mass is 79.9. The first-order valence-corrected chi connectivity index (χ1v) is 11.7. The van der Waals surface area contributed by atoms with Gasteiger partial charge in [-0.15, -0.1) is 0 Å². The lowest BCUT2D eigenvalue weighted by atomic mass is 10.1. The zero-order chi connectivity index (χ0) is 21.6. The smallest absolute Gasteiger partial charge is 0.243 e. The summed E-state index contributed by atoms with van der Waals surface area (Å²) < 4.78 is 28.6. The molecule has 0 unspecified atom stereocenters. The topological polar surface area (TPSA) is 66.5 Å². The minimum atomic E-state index is -3.83. The number of rotatable bonds is 8. The van der Waals surface area contributed by atoms with Crippen molar-refractivity contribution in [1.82, 2.24) is 9.62 Å². The maximum absolute atomic E-state index is 13.2. The minimum Gasteiger partial charge on any atom is -0.348 e. The van der Waals surface area contributed by atoms with Gasteiger partial charge >= 0.3 is 0 Å². The molecule has 0 bridgehead atoms. The predicted octanol–water partition coefficient (Wildman–Crippen LogP) is 4.52. The normalized spacial score (nSPS) is 12.5. The maximum Gasteiger partial charge on any atom is 0.243 e. The standard InChI is InChI=1S/C23H23BrN2O3S/c1-18(20-12-14-21(24)15-13-20)25-23(27)17-26(16-19-8-4-2-5-9-19)30(28,29)22-10-6-3-7-11-22/h2-15,18H,16-17H2,1H3,(H,25,27)/t18-/m0/s1. The Morgan fingerprint density at radius 1 is 0.933 bits per heavy atom.